The summed E-state index contributed by atoms with van der Waals surface area (Å²) in [6.45, 7) is 0. The Morgan fingerprint density at radius 3 is 2.53 bits per heavy atom. The van der Waals surface area contributed by atoms with E-state index in [2.05, 4.69) is 0 Å². The number of hydrogen-bond acceptors (Lipinski definition) is 4. The van der Waals surface area contributed by atoms with Crippen molar-refractivity contribution in [3.05, 3.63) is 63.4 Å². The molecule has 2 aromatic rings. The highest BCUT2D eigenvalue weighted by molar-refractivity contribution is 5.95. The second kappa shape index (κ2) is 4.97. The number of nitro groups is 1. The normalized spacial score (nSPS) is 10.4. The molecule has 1 aromatic carbocycles. The minimum atomic E-state index is -1.06. The van der Waals surface area contributed by atoms with Crippen molar-refractivity contribution in [3.63, 3.8) is 0 Å². The summed E-state index contributed by atoms with van der Waals surface area (Å²) < 4.78 is 30.4. The van der Waals surface area contributed by atoms with Crippen LogP contribution in [0, 0.1) is 21.7 Å². The molecule has 0 spiro atoms. The Labute approximate surface area is 105 Å². The highest BCUT2D eigenvalue weighted by Crippen LogP contribution is 2.18. The van der Waals surface area contributed by atoms with Gasteiger partial charge in [0.1, 0.15) is 4.92 Å². The van der Waals surface area contributed by atoms with Crippen LogP contribution in [0.1, 0.15) is 16.1 Å². The molecular weight excluding hydrogens is 260 g/mol. The van der Waals surface area contributed by atoms with Crippen molar-refractivity contribution in [1.82, 2.24) is 0 Å². The van der Waals surface area contributed by atoms with Crippen molar-refractivity contribution in [3.8, 4) is 0 Å². The molecule has 0 aliphatic rings. The van der Waals surface area contributed by atoms with E-state index in [0.717, 1.165) is 18.2 Å². The van der Waals surface area contributed by atoms with Crippen molar-refractivity contribution < 1.29 is 22.9 Å². The summed E-state index contributed by atoms with van der Waals surface area (Å²) >= 11 is 0. The maximum absolute atomic E-state index is 12.9. The molecule has 0 amide bonds. The molecule has 5 nitrogen and oxygen atoms in total. The smallest absolute Gasteiger partial charge is 0.397 e. The van der Waals surface area contributed by atoms with Gasteiger partial charge in [0, 0.05) is 6.42 Å². The summed E-state index contributed by atoms with van der Waals surface area (Å²) in [6.07, 6.45) is -0.234. The Bertz CT molecular complexity index is 651. The van der Waals surface area contributed by atoms with Gasteiger partial charge in [0.15, 0.2) is 17.4 Å². The first-order valence-electron chi connectivity index (χ1n) is 5.18. The average Bonchev–Trinajstić information content (AvgIpc) is 2.83. The lowest BCUT2D eigenvalue weighted by molar-refractivity contribution is -0.402. The van der Waals surface area contributed by atoms with Gasteiger partial charge in [-0.15, -0.1) is 0 Å². The molecule has 19 heavy (non-hydrogen) atoms. The number of rotatable bonds is 4. The van der Waals surface area contributed by atoms with Crippen LogP contribution in [-0.2, 0) is 6.42 Å². The molecule has 1 heterocycles. The summed E-state index contributed by atoms with van der Waals surface area (Å²) in [5, 5.41) is 10.4. The fourth-order valence-electron chi connectivity index (χ4n) is 1.50. The number of halogens is 2. The number of ketones is 1. The molecule has 0 fully saturated rings. The molecule has 7 heteroatoms. The van der Waals surface area contributed by atoms with Gasteiger partial charge in [-0.25, -0.2) is 8.78 Å². The maximum atomic E-state index is 12.9. The van der Waals surface area contributed by atoms with Crippen LogP contribution in [0.5, 0.6) is 0 Å². The largest absolute Gasteiger partial charge is 0.433 e. The zero-order chi connectivity index (χ0) is 14.0. The van der Waals surface area contributed by atoms with E-state index < -0.39 is 28.2 Å². The lowest BCUT2D eigenvalue weighted by Gasteiger charge is -1.99. The zero-order valence-electron chi connectivity index (χ0n) is 9.43. The third kappa shape index (κ3) is 2.82. The van der Waals surface area contributed by atoms with Crippen molar-refractivity contribution >= 4 is 11.7 Å². The molecule has 0 bridgehead atoms. The molecule has 1 aromatic heterocycles. The zero-order valence-corrected chi connectivity index (χ0v) is 9.43. The van der Waals surface area contributed by atoms with Crippen LogP contribution in [0.25, 0.3) is 0 Å². The van der Waals surface area contributed by atoms with Crippen LogP contribution >= 0.6 is 0 Å². The van der Waals surface area contributed by atoms with E-state index >= 15 is 0 Å². The van der Waals surface area contributed by atoms with Crippen LogP contribution < -0.4 is 0 Å². The predicted octanol–water partition coefficient (Wildman–Crippen LogP) is 2.89. The van der Waals surface area contributed by atoms with Gasteiger partial charge in [0.05, 0.1) is 6.07 Å². The van der Waals surface area contributed by atoms with Gasteiger partial charge in [0.2, 0.25) is 5.78 Å². The summed E-state index contributed by atoms with van der Waals surface area (Å²) in [5.41, 5.74) is 0.253. The molecule has 0 unspecified atom stereocenters. The minimum Gasteiger partial charge on any atom is -0.397 e. The van der Waals surface area contributed by atoms with Gasteiger partial charge in [0.25, 0.3) is 0 Å². The molecule has 0 N–H and O–H groups in total. The van der Waals surface area contributed by atoms with E-state index in [9.17, 15) is 23.7 Å². The lowest BCUT2D eigenvalue weighted by Crippen LogP contribution is -2.03. The van der Waals surface area contributed by atoms with Gasteiger partial charge >= 0.3 is 5.88 Å². The summed E-state index contributed by atoms with van der Waals surface area (Å²) in [7, 11) is 0. The number of Topliss-reactive ketones (excluding diaryl/α,β-unsaturated/α-hetero) is 1. The molecule has 0 saturated heterocycles. The molecule has 2 rings (SSSR count). The van der Waals surface area contributed by atoms with Gasteiger partial charge in [-0.1, -0.05) is 6.07 Å². The summed E-state index contributed by atoms with van der Waals surface area (Å²) in [6, 6.07) is 5.28. The average molecular weight is 267 g/mol. The highest BCUT2D eigenvalue weighted by Gasteiger charge is 2.17. The topological polar surface area (TPSA) is 73.3 Å². The standard InChI is InChI=1S/C12H7F2NO4/c13-8-2-1-7(5-9(8)14)6-10(16)11-3-4-12(19-11)15(17)18/h1-5H,6H2. The highest BCUT2D eigenvalue weighted by atomic mass is 19.2. The molecule has 0 saturated carbocycles. The van der Waals surface area contributed by atoms with Crippen molar-refractivity contribution in [2.75, 3.05) is 0 Å². The van der Waals surface area contributed by atoms with Crippen molar-refractivity contribution in [2.45, 2.75) is 6.42 Å². The van der Waals surface area contributed by atoms with Crippen LogP contribution in [0.2, 0.25) is 0 Å². The van der Waals surface area contributed by atoms with Gasteiger partial charge in [-0.3, -0.25) is 14.9 Å². The quantitative estimate of drug-likeness (QED) is 0.485. The van der Waals surface area contributed by atoms with Crippen LogP contribution in [-0.4, -0.2) is 10.7 Å². The molecule has 0 aliphatic carbocycles. The lowest BCUT2D eigenvalue weighted by atomic mass is 10.1. The Morgan fingerprint density at radius 1 is 1.21 bits per heavy atom. The Kier molecular flexibility index (Phi) is 3.37. The number of nitrogens with zero attached hydrogens (tertiary/aromatic N) is 1. The summed E-state index contributed by atoms with van der Waals surface area (Å²) in [5.74, 6) is -3.37. The molecule has 0 radical (unpaired) electrons. The Balaban J connectivity index is 2.15. The Morgan fingerprint density at radius 2 is 1.95 bits per heavy atom. The number of carbonyl (C=O) groups excluding carboxylic acids is 1. The van der Waals surface area contributed by atoms with Crippen molar-refractivity contribution in [1.29, 1.82) is 0 Å². The number of furan rings is 1. The fourth-order valence-corrected chi connectivity index (χ4v) is 1.50. The number of benzene rings is 1. The van der Waals surface area contributed by atoms with Crippen LogP contribution in [0.3, 0.4) is 0 Å². The maximum Gasteiger partial charge on any atom is 0.433 e. The fraction of sp³-hybridized carbons (Fsp3) is 0.0833. The monoisotopic (exact) mass is 267 g/mol. The van der Waals surface area contributed by atoms with E-state index in [-0.39, 0.29) is 17.7 Å². The first-order valence-corrected chi connectivity index (χ1v) is 5.18. The number of hydrogen-bond donors (Lipinski definition) is 0. The molecule has 0 atom stereocenters. The molecular formula is C12H7F2NO4. The third-order valence-electron chi connectivity index (χ3n) is 2.40. The second-order valence-corrected chi connectivity index (χ2v) is 3.74. The van der Waals surface area contributed by atoms with Crippen LogP contribution in [0.4, 0.5) is 14.7 Å². The SMILES string of the molecule is O=C(Cc1ccc(F)c(F)c1)c1ccc([N+](=O)[O-])o1. The Hall–Kier alpha value is -2.57. The minimum absolute atomic E-state index is 0.198. The summed E-state index contributed by atoms with van der Waals surface area (Å²) in [4.78, 5) is 21.3. The van der Waals surface area contributed by atoms with Gasteiger partial charge in [-0.05, 0) is 23.8 Å². The van der Waals surface area contributed by atoms with Crippen LogP contribution in [0.15, 0.2) is 34.7 Å². The third-order valence-corrected chi connectivity index (χ3v) is 2.40. The van der Waals surface area contributed by atoms with Gasteiger partial charge in [-0.2, -0.15) is 0 Å². The van der Waals surface area contributed by atoms with E-state index in [0.29, 0.717) is 0 Å². The predicted molar refractivity (Wildman–Crippen MR) is 59.8 cm³/mol. The van der Waals surface area contributed by atoms with E-state index in [4.69, 9.17) is 4.42 Å². The molecule has 98 valence electrons. The first-order chi connectivity index (χ1) is 8.97. The van der Waals surface area contributed by atoms with E-state index in [1.165, 1.54) is 12.1 Å². The second-order valence-electron chi connectivity index (χ2n) is 3.74. The first kappa shape index (κ1) is 12.9. The van der Waals surface area contributed by atoms with Gasteiger partial charge < -0.3 is 4.42 Å². The van der Waals surface area contributed by atoms with Crippen molar-refractivity contribution in [2.24, 2.45) is 0 Å². The van der Waals surface area contributed by atoms with E-state index in [1.807, 2.05) is 0 Å². The number of carbonyl (C=O) groups is 1. The van der Waals surface area contributed by atoms with E-state index in [1.54, 1.807) is 0 Å². The molecule has 0 aliphatic heterocycles.